The maximum Gasteiger partial charge on any atom is 0.310 e. The van der Waals surface area contributed by atoms with E-state index < -0.39 is 28.7 Å². The Morgan fingerprint density at radius 1 is 1.31 bits per heavy atom. The summed E-state index contributed by atoms with van der Waals surface area (Å²) in [4.78, 5) is 42.6. The molecule has 35 heavy (non-hydrogen) atoms. The number of nitrogens with zero attached hydrogens (tertiary/aromatic N) is 1. The van der Waals surface area contributed by atoms with Gasteiger partial charge >= 0.3 is 5.97 Å². The van der Waals surface area contributed by atoms with Gasteiger partial charge in [0.1, 0.15) is 6.04 Å². The lowest BCUT2D eigenvalue weighted by atomic mass is 9.71. The Kier molecular flexibility index (Phi) is 8.18. The van der Waals surface area contributed by atoms with Crippen LogP contribution in [0.1, 0.15) is 45.6 Å². The lowest BCUT2D eigenvalue weighted by Crippen LogP contribution is -2.58. The molecule has 3 aliphatic rings. The van der Waals surface area contributed by atoms with Crippen molar-refractivity contribution < 1.29 is 24.2 Å². The summed E-state index contributed by atoms with van der Waals surface area (Å²) in [7, 11) is 0. The van der Waals surface area contributed by atoms with E-state index in [-0.39, 0.29) is 47.1 Å². The lowest BCUT2D eigenvalue weighted by Gasteiger charge is -2.38. The Morgan fingerprint density at radius 2 is 2.03 bits per heavy atom. The molecular formula is C26H35BrN2O5S. The van der Waals surface area contributed by atoms with Crippen molar-refractivity contribution in [3.63, 3.8) is 0 Å². The van der Waals surface area contributed by atoms with Crippen LogP contribution in [0.2, 0.25) is 0 Å². The number of alkyl halides is 1. The van der Waals surface area contributed by atoms with Gasteiger partial charge in [-0.25, -0.2) is 0 Å². The number of rotatable bonds is 10. The number of fused-ring (bicyclic) bond motifs is 1. The quantitative estimate of drug-likeness (QED) is 0.334. The van der Waals surface area contributed by atoms with E-state index >= 15 is 0 Å². The number of halogens is 1. The second-order valence-electron chi connectivity index (χ2n) is 9.89. The second kappa shape index (κ2) is 10.8. The van der Waals surface area contributed by atoms with Crippen LogP contribution < -0.4 is 5.32 Å². The van der Waals surface area contributed by atoms with Gasteiger partial charge in [0.25, 0.3) is 0 Å². The maximum atomic E-state index is 14.1. The smallest absolute Gasteiger partial charge is 0.310 e. The number of esters is 1. The van der Waals surface area contributed by atoms with Gasteiger partial charge in [0.15, 0.2) is 0 Å². The third-order valence-corrected chi connectivity index (χ3v) is 10.8. The van der Waals surface area contributed by atoms with Crippen LogP contribution >= 0.6 is 27.7 Å². The molecule has 3 heterocycles. The van der Waals surface area contributed by atoms with E-state index in [2.05, 4.69) is 28.2 Å². The van der Waals surface area contributed by atoms with Crippen molar-refractivity contribution in [1.82, 2.24) is 10.2 Å². The Morgan fingerprint density at radius 3 is 2.66 bits per heavy atom. The molecule has 3 saturated heterocycles. The molecule has 3 aliphatic heterocycles. The molecule has 2 bridgehead atoms. The molecule has 1 spiro atoms. The molecule has 4 rings (SSSR count). The molecule has 0 aromatic heterocycles. The molecule has 8 atom stereocenters. The Balaban J connectivity index is 1.75. The number of thioether (sulfide) groups is 1. The molecule has 2 amide bonds. The van der Waals surface area contributed by atoms with Gasteiger partial charge in [-0.2, -0.15) is 0 Å². The summed E-state index contributed by atoms with van der Waals surface area (Å²) in [5, 5.41) is 13.4. The molecule has 4 unspecified atom stereocenters. The van der Waals surface area contributed by atoms with Crippen LogP contribution in [0.15, 0.2) is 30.3 Å². The Hall–Kier alpha value is -1.58. The van der Waals surface area contributed by atoms with Gasteiger partial charge in [-0.1, -0.05) is 59.6 Å². The van der Waals surface area contributed by atoms with Crippen molar-refractivity contribution in [3.8, 4) is 0 Å². The molecule has 9 heteroatoms. The summed E-state index contributed by atoms with van der Waals surface area (Å²) in [6.45, 7) is 5.77. The normalized spacial score (nSPS) is 32.9. The van der Waals surface area contributed by atoms with E-state index in [0.29, 0.717) is 12.8 Å². The van der Waals surface area contributed by atoms with Gasteiger partial charge in [0, 0.05) is 16.1 Å². The van der Waals surface area contributed by atoms with Crippen LogP contribution in [0.3, 0.4) is 0 Å². The Labute approximate surface area is 219 Å². The number of benzene rings is 1. The number of aliphatic hydroxyl groups is 1. The molecular weight excluding hydrogens is 532 g/mol. The summed E-state index contributed by atoms with van der Waals surface area (Å²) in [5.74, 6) is -2.07. The van der Waals surface area contributed by atoms with E-state index in [9.17, 15) is 19.5 Å². The van der Waals surface area contributed by atoms with Gasteiger partial charge in [-0.15, -0.1) is 11.8 Å². The van der Waals surface area contributed by atoms with Crippen molar-refractivity contribution in [1.29, 1.82) is 0 Å². The van der Waals surface area contributed by atoms with E-state index in [4.69, 9.17) is 4.74 Å². The van der Waals surface area contributed by atoms with Crippen molar-refractivity contribution in [2.75, 3.05) is 13.2 Å². The molecule has 192 valence electrons. The highest BCUT2D eigenvalue weighted by Gasteiger charge is 2.76. The fourth-order valence-corrected chi connectivity index (χ4v) is 9.82. The average molecular weight is 568 g/mol. The number of aliphatic hydroxyl groups excluding tert-OH is 1. The first-order valence-electron chi connectivity index (χ1n) is 12.5. The third-order valence-electron chi connectivity index (χ3n) is 7.56. The molecule has 7 nitrogen and oxygen atoms in total. The zero-order valence-corrected chi connectivity index (χ0v) is 22.9. The Bertz CT molecular complexity index is 949. The van der Waals surface area contributed by atoms with Crippen LogP contribution in [0.5, 0.6) is 0 Å². The number of carbonyl (C=O) groups is 3. The van der Waals surface area contributed by atoms with Crippen LogP contribution in [0.25, 0.3) is 0 Å². The number of nitrogens with one attached hydrogen (secondary N) is 1. The molecule has 0 aliphatic carbocycles. The fourth-order valence-electron chi connectivity index (χ4n) is 6.23. The molecule has 1 aromatic carbocycles. The van der Waals surface area contributed by atoms with Gasteiger partial charge in [0.2, 0.25) is 11.8 Å². The minimum atomic E-state index is -0.769. The second-order valence-corrected chi connectivity index (χ2v) is 12.6. The highest BCUT2D eigenvalue weighted by atomic mass is 79.9. The van der Waals surface area contributed by atoms with Crippen molar-refractivity contribution >= 4 is 45.5 Å². The number of hydrogen-bond acceptors (Lipinski definition) is 6. The summed E-state index contributed by atoms with van der Waals surface area (Å²) in [6, 6.07) is 8.29. The zero-order valence-electron chi connectivity index (χ0n) is 20.5. The first kappa shape index (κ1) is 26.5. The van der Waals surface area contributed by atoms with Crippen LogP contribution in [-0.4, -0.2) is 74.0 Å². The number of amides is 2. The minimum Gasteiger partial charge on any atom is -0.466 e. The predicted molar refractivity (Wildman–Crippen MR) is 139 cm³/mol. The van der Waals surface area contributed by atoms with Crippen LogP contribution in [0.4, 0.5) is 0 Å². The van der Waals surface area contributed by atoms with Gasteiger partial charge in [-0.05, 0) is 38.7 Å². The van der Waals surface area contributed by atoms with E-state index in [1.54, 1.807) is 23.6 Å². The molecule has 1 aromatic rings. The summed E-state index contributed by atoms with van der Waals surface area (Å²) < 4.78 is 4.65. The van der Waals surface area contributed by atoms with Crippen molar-refractivity contribution in [3.05, 3.63) is 35.9 Å². The molecule has 0 radical (unpaired) electrons. The first-order chi connectivity index (χ1) is 16.8. The van der Waals surface area contributed by atoms with Crippen LogP contribution in [-0.2, 0) is 25.5 Å². The number of likely N-dealkylation sites (tertiary alicyclic amines) is 1. The summed E-state index contributed by atoms with van der Waals surface area (Å²) >= 11 is 5.33. The number of carbonyl (C=O) groups excluding carboxylic acids is 3. The summed E-state index contributed by atoms with van der Waals surface area (Å²) in [6.07, 6.45) is 2.80. The van der Waals surface area contributed by atoms with Gasteiger partial charge in [0.05, 0.1) is 35.8 Å². The highest BCUT2D eigenvalue weighted by molar-refractivity contribution is 9.09. The van der Waals surface area contributed by atoms with E-state index in [1.807, 2.05) is 37.3 Å². The zero-order chi connectivity index (χ0) is 25.3. The molecule has 3 fully saturated rings. The largest absolute Gasteiger partial charge is 0.466 e. The van der Waals surface area contributed by atoms with Crippen LogP contribution in [0, 0.1) is 11.8 Å². The average Bonchev–Trinajstić information content (AvgIpc) is 3.42. The topological polar surface area (TPSA) is 95.9 Å². The highest BCUT2D eigenvalue weighted by Crippen LogP contribution is 2.68. The number of ether oxygens (including phenoxy) is 1. The maximum absolute atomic E-state index is 14.1. The SMILES string of the molecule is CCCC(C)NC(=O)C1N([C@@H](CO)Cc2ccccc2)C(=O)[C@@H]2[C@H](C(=O)OCC)[C@H]3SC12CC3Br. The van der Waals surface area contributed by atoms with Crippen molar-refractivity contribution in [2.24, 2.45) is 11.8 Å². The first-order valence-corrected chi connectivity index (χ1v) is 14.3. The number of hydrogen-bond donors (Lipinski definition) is 2. The third kappa shape index (κ3) is 4.64. The minimum absolute atomic E-state index is 0.00373. The van der Waals surface area contributed by atoms with E-state index in [1.165, 1.54) is 0 Å². The van der Waals surface area contributed by atoms with Crippen molar-refractivity contribution in [2.45, 2.75) is 79.4 Å². The molecule has 0 saturated carbocycles. The monoisotopic (exact) mass is 566 g/mol. The fraction of sp³-hybridized carbons (Fsp3) is 0.654. The lowest BCUT2D eigenvalue weighted by molar-refractivity contribution is -0.154. The molecule has 2 N–H and O–H groups in total. The predicted octanol–water partition coefficient (Wildman–Crippen LogP) is 2.92. The summed E-state index contributed by atoms with van der Waals surface area (Å²) in [5.41, 5.74) is 0.977. The van der Waals surface area contributed by atoms with Gasteiger partial charge in [-0.3, -0.25) is 14.4 Å². The van der Waals surface area contributed by atoms with E-state index in [0.717, 1.165) is 18.4 Å². The standard InChI is InChI=1S/C26H35BrN2O5S/c1-4-9-15(3)28-23(31)22-26-13-18(27)21(35-26)19(25(33)34-5-2)20(26)24(32)29(22)17(14-30)12-16-10-7-6-8-11-16/h6-8,10-11,15,17-22,30H,4-5,9,12-14H2,1-3H3,(H,28,31)/t15?,17-,18?,19+,20+,21+,22?,26?/m1/s1. The van der Waals surface area contributed by atoms with Gasteiger partial charge < -0.3 is 20.1 Å².